The number of hydrogen-bond acceptors (Lipinski definition) is 5. The minimum atomic E-state index is -0.254. The Morgan fingerprint density at radius 3 is 2.79 bits per heavy atom. The van der Waals surface area contributed by atoms with Gasteiger partial charge in [0.1, 0.15) is 11.6 Å². The standard InChI is InChI=1S/C23H26FN3O2/c24-19-5-3-4-18(14-19)15-22-25-23(29-26-22)16-27-13-2-1-6-20(27)10-7-17-8-11-21(28)12-9-17/h3-5,8-9,11-12,14,20,28H,1-2,6-7,10,13,15-16H2/t20-/m1/s1. The molecule has 1 fully saturated rings. The van der Waals surface area contributed by atoms with Gasteiger partial charge in [0.2, 0.25) is 5.89 Å². The van der Waals surface area contributed by atoms with Crippen molar-refractivity contribution in [2.24, 2.45) is 0 Å². The van der Waals surface area contributed by atoms with E-state index in [1.165, 1.54) is 37.0 Å². The summed E-state index contributed by atoms with van der Waals surface area (Å²) in [7, 11) is 0. The van der Waals surface area contributed by atoms with Crippen LogP contribution < -0.4 is 0 Å². The lowest BCUT2D eigenvalue weighted by molar-refractivity contribution is 0.117. The van der Waals surface area contributed by atoms with E-state index in [-0.39, 0.29) is 5.82 Å². The number of hydrogen-bond donors (Lipinski definition) is 1. The van der Waals surface area contributed by atoms with Crippen LogP contribution in [0.3, 0.4) is 0 Å². The van der Waals surface area contributed by atoms with E-state index in [9.17, 15) is 9.50 Å². The molecule has 6 heteroatoms. The predicted molar refractivity (Wildman–Crippen MR) is 108 cm³/mol. The number of piperidine rings is 1. The van der Waals surface area contributed by atoms with Crippen molar-refractivity contribution < 1.29 is 14.0 Å². The van der Waals surface area contributed by atoms with Crippen LogP contribution in [-0.2, 0) is 19.4 Å². The highest BCUT2D eigenvalue weighted by Crippen LogP contribution is 2.24. The molecule has 1 aliphatic rings. The fourth-order valence-electron chi connectivity index (χ4n) is 4.02. The van der Waals surface area contributed by atoms with E-state index in [1.807, 2.05) is 18.2 Å². The van der Waals surface area contributed by atoms with Gasteiger partial charge in [0.25, 0.3) is 0 Å². The Labute approximate surface area is 170 Å². The largest absolute Gasteiger partial charge is 0.508 e. The molecule has 3 aromatic rings. The van der Waals surface area contributed by atoms with Gasteiger partial charge in [-0.15, -0.1) is 0 Å². The number of aromatic hydroxyl groups is 1. The summed E-state index contributed by atoms with van der Waals surface area (Å²) < 4.78 is 18.8. The van der Waals surface area contributed by atoms with E-state index in [0.717, 1.165) is 24.9 Å². The Balaban J connectivity index is 1.35. The molecule has 2 aromatic carbocycles. The van der Waals surface area contributed by atoms with E-state index < -0.39 is 0 Å². The summed E-state index contributed by atoms with van der Waals surface area (Å²) in [4.78, 5) is 6.96. The van der Waals surface area contributed by atoms with Crippen LogP contribution in [0.5, 0.6) is 5.75 Å². The lowest BCUT2D eigenvalue weighted by Gasteiger charge is -2.34. The van der Waals surface area contributed by atoms with Crippen molar-refractivity contribution in [1.29, 1.82) is 0 Å². The lowest BCUT2D eigenvalue weighted by Crippen LogP contribution is -2.39. The number of aryl methyl sites for hydroxylation is 1. The summed E-state index contributed by atoms with van der Waals surface area (Å²) in [6, 6.07) is 14.4. The molecule has 4 rings (SSSR count). The summed E-state index contributed by atoms with van der Waals surface area (Å²) in [5.41, 5.74) is 2.07. The smallest absolute Gasteiger partial charge is 0.240 e. The monoisotopic (exact) mass is 395 g/mol. The SMILES string of the molecule is Oc1ccc(CC[C@H]2CCCCN2Cc2nc(Cc3cccc(F)c3)no2)cc1. The minimum absolute atomic E-state index is 0.254. The van der Waals surface area contributed by atoms with Crippen molar-refractivity contribution in [2.45, 2.75) is 51.1 Å². The van der Waals surface area contributed by atoms with Crippen molar-refractivity contribution >= 4 is 0 Å². The van der Waals surface area contributed by atoms with Crippen molar-refractivity contribution in [1.82, 2.24) is 15.0 Å². The molecule has 0 bridgehead atoms. The Hall–Kier alpha value is -2.73. The van der Waals surface area contributed by atoms with Crippen LogP contribution in [0.2, 0.25) is 0 Å². The maximum Gasteiger partial charge on any atom is 0.240 e. The minimum Gasteiger partial charge on any atom is -0.508 e. The van der Waals surface area contributed by atoms with Gasteiger partial charge in [-0.05, 0) is 67.6 Å². The number of nitrogens with zero attached hydrogens (tertiary/aromatic N) is 3. The Morgan fingerprint density at radius 1 is 1.10 bits per heavy atom. The number of benzene rings is 2. The molecular weight excluding hydrogens is 369 g/mol. The van der Waals surface area contributed by atoms with Gasteiger partial charge < -0.3 is 9.63 Å². The number of aromatic nitrogens is 2. The first-order valence-electron chi connectivity index (χ1n) is 10.2. The molecule has 0 radical (unpaired) electrons. The highest BCUT2D eigenvalue weighted by molar-refractivity contribution is 5.26. The van der Waals surface area contributed by atoms with Crippen LogP contribution in [0.15, 0.2) is 53.1 Å². The highest BCUT2D eigenvalue weighted by atomic mass is 19.1. The number of halogens is 1. The zero-order valence-electron chi connectivity index (χ0n) is 16.4. The predicted octanol–water partition coefficient (Wildman–Crippen LogP) is 4.49. The topological polar surface area (TPSA) is 62.4 Å². The molecule has 0 aliphatic carbocycles. The van der Waals surface area contributed by atoms with Gasteiger partial charge in [-0.25, -0.2) is 4.39 Å². The molecule has 5 nitrogen and oxygen atoms in total. The van der Waals surface area contributed by atoms with Gasteiger partial charge in [0, 0.05) is 12.5 Å². The quantitative estimate of drug-likeness (QED) is 0.639. The van der Waals surface area contributed by atoms with Crippen molar-refractivity contribution in [2.75, 3.05) is 6.54 Å². The van der Waals surface area contributed by atoms with Crippen LogP contribution >= 0.6 is 0 Å². The van der Waals surface area contributed by atoms with Crippen LogP contribution in [0.1, 0.15) is 48.5 Å². The lowest BCUT2D eigenvalue weighted by atomic mass is 9.96. The summed E-state index contributed by atoms with van der Waals surface area (Å²) in [5, 5.41) is 13.5. The molecule has 1 atom stereocenters. The molecule has 0 spiro atoms. The summed E-state index contributed by atoms with van der Waals surface area (Å²) in [5.74, 6) is 1.26. The maximum absolute atomic E-state index is 13.4. The molecule has 29 heavy (non-hydrogen) atoms. The van der Waals surface area contributed by atoms with Crippen LogP contribution in [0.4, 0.5) is 4.39 Å². The van der Waals surface area contributed by atoms with E-state index in [2.05, 4.69) is 15.0 Å². The molecule has 1 saturated heterocycles. The second kappa shape index (κ2) is 9.18. The zero-order chi connectivity index (χ0) is 20.1. The van der Waals surface area contributed by atoms with Crippen molar-refractivity contribution in [3.8, 4) is 5.75 Å². The fourth-order valence-corrected chi connectivity index (χ4v) is 4.02. The van der Waals surface area contributed by atoms with Gasteiger partial charge in [-0.3, -0.25) is 4.90 Å². The Morgan fingerprint density at radius 2 is 1.97 bits per heavy atom. The molecule has 1 N–H and O–H groups in total. The van der Waals surface area contributed by atoms with Crippen molar-refractivity contribution in [3.05, 3.63) is 77.2 Å². The second-order valence-electron chi connectivity index (χ2n) is 7.74. The number of phenols is 1. The first-order valence-corrected chi connectivity index (χ1v) is 10.2. The molecule has 2 heterocycles. The summed E-state index contributed by atoms with van der Waals surface area (Å²) >= 11 is 0. The average Bonchev–Trinajstić information content (AvgIpc) is 3.15. The summed E-state index contributed by atoms with van der Waals surface area (Å²) in [6.45, 7) is 1.68. The van der Waals surface area contributed by atoms with Crippen LogP contribution in [0, 0.1) is 5.82 Å². The molecule has 0 unspecified atom stereocenters. The van der Waals surface area contributed by atoms with Gasteiger partial charge in [-0.1, -0.05) is 35.8 Å². The highest BCUT2D eigenvalue weighted by Gasteiger charge is 2.24. The van der Waals surface area contributed by atoms with Crippen molar-refractivity contribution in [3.63, 3.8) is 0 Å². The third kappa shape index (κ3) is 5.41. The first kappa shape index (κ1) is 19.6. The van der Waals surface area contributed by atoms with E-state index >= 15 is 0 Å². The second-order valence-corrected chi connectivity index (χ2v) is 7.74. The van der Waals surface area contributed by atoms with Crippen LogP contribution in [-0.4, -0.2) is 32.7 Å². The number of likely N-dealkylation sites (tertiary alicyclic amines) is 1. The number of phenolic OH excluding ortho intramolecular Hbond substituents is 1. The number of rotatable bonds is 7. The molecule has 1 aromatic heterocycles. The maximum atomic E-state index is 13.4. The molecule has 1 aliphatic heterocycles. The third-order valence-electron chi connectivity index (χ3n) is 5.55. The van der Waals surface area contributed by atoms with Gasteiger partial charge >= 0.3 is 0 Å². The van der Waals surface area contributed by atoms with E-state index in [4.69, 9.17) is 4.52 Å². The third-order valence-corrected chi connectivity index (χ3v) is 5.55. The van der Waals surface area contributed by atoms with E-state index in [1.54, 1.807) is 18.2 Å². The molecule has 152 valence electrons. The first-order chi connectivity index (χ1) is 14.2. The summed E-state index contributed by atoms with van der Waals surface area (Å²) in [6.07, 6.45) is 6.10. The molecule has 0 amide bonds. The Bertz CT molecular complexity index is 926. The normalized spacial score (nSPS) is 17.5. The fraction of sp³-hybridized carbons (Fsp3) is 0.391. The van der Waals surface area contributed by atoms with Crippen LogP contribution in [0.25, 0.3) is 0 Å². The molecule has 0 saturated carbocycles. The van der Waals surface area contributed by atoms with Gasteiger partial charge in [0.15, 0.2) is 5.82 Å². The Kier molecular flexibility index (Phi) is 6.20. The van der Waals surface area contributed by atoms with Gasteiger partial charge in [-0.2, -0.15) is 4.98 Å². The average molecular weight is 395 g/mol. The molecular formula is C23H26FN3O2. The zero-order valence-corrected chi connectivity index (χ0v) is 16.4. The van der Waals surface area contributed by atoms with Gasteiger partial charge in [0.05, 0.1) is 6.54 Å². The van der Waals surface area contributed by atoms with E-state index in [0.29, 0.717) is 36.5 Å².